The lowest BCUT2D eigenvalue weighted by Gasteiger charge is -2.13. The first-order valence-corrected chi connectivity index (χ1v) is 10.3. The molecule has 0 spiro atoms. The van der Waals surface area contributed by atoms with Crippen LogP contribution >= 0.6 is 11.6 Å². The molecule has 33 heavy (non-hydrogen) atoms. The quantitative estimate of drug-likeness (QED) is 0.456. The van der Waals surface area contributed by atoms with E-state index in [1.165, 1.54) is 16.7 Å². The third-order valence-electron chi connectivity index (χ3n) is 4.82. The van der Waals surface area contributed by atoms with E-state index in [1.54, 1.807) is 54.6 Å². The Morgan fingerprint density at radius 1 is 1.06 bits per heavy atom. The number of rotatable bonds is 5. The summed E-state index contributed by atoms with van der Waals surface area (Å²) in [5, 5.41) is 5.95. The number of hydrogen-bond donors (Lipinski definition) is 2. The van der Waals surface area contributed by atoms with Gasteiger partial charge in [-0.2, -0.15) is 0 Å². The van der Waals surface area contributed by atoms with Gasteiger partial charge in [0.25, 0.3) is 5.56 Å². The number of urea groups is 1. The standard InChI is InChI=1S/C23H17ClN4O5/c24-14-5-8-21-25-16(10-22(29)28(21)11-14)12-31-18-4-2-1-3-17(18)27-23(30)26-15-6-7-19-20(9-15)33-13-32-19/h1-11H,12-13H2,(H2,26,27,30). The molecule has 2 aromatic carbocycles. The first kappa shape index (κ1) is 20.7. The normalized spacial score (nSPS) is 11.9. The van der Waals surface area contributed by atoms with Gasteiger partial charge in [-0.25, -0.2) is 9.78 Å². The molecule has 2 aromatic heterocycles. The first-order valence-electron chi connectivity index (χ1n) is 9.92. The van der Waals surface area contributed by atoms with E-state index in [2.05, 4.69) is 15.6 Å². The van der Waals surface area contributed by atoms with Crippen LogP contribution < -0.4 is 30.4 Å². The summed E-state index contributed by atoms with van der Waals surface area (Å²) < 4.78 is 17.8. The molecule has 5 rings (SSSR count). The molecule has 4 aromatic rings. The van der Waals surface area contributed by atoms with Crippen LogP contribution in [0.15, 0.2) is 71.7 Å². The van der Waals surface area contributed by atoms with Crippen molar-refractivity contribution in [2.45, 2.75) is 6.61 Å². The van der Waals surface area contributed by atoms with Gasteiger partial charge in [-0.15, -0.1) is 0 Å². The summed E-state index contributed by atoms with van der Waals surface area (Å²) in [7, 11) is 0. The lowest BCUT2D eigenvalue weighted by molar-refractivity contribution is 0.174. The van der Waals surface area contributed by atoms with Crippen LogP contribution in [0.4, 0.5) is 16.2 Å². The Balaban J connectivity index is 1.28. The molecule has 10 heteroatoms. The number of nitrogens with zero attached hydrogens (tertiary/aromatic N) is 2. The number of hydrogen-bond acceptors (Lipinski definition) is 6. The molecule has 1 aliphatic heterocycles. The minimum atomic E-state index is -0.455. The van der Waals surface area contributed by atoms with Crippen molar-refractivity contribution in [3.05, 3.63) is 87.9 Å². The molecule has 9 nitrogen and oxygen atoms in total. The van der Waals surface area contributed by atoms with E-state index in [-0.39, 0.29) is 19.0 Å². The van der Waals surface area contributed by atoms with E-state index in [0.29, 0.717) is 45.0 Å². The molecule has 0 bridgehead atoms. The predicted octanol–water partition coefficient (Wildman–Crippen LogP) is 4.30. The van der Waals surface area contributed by atoms with E-state index in [0.717, 1.165) is 0 Å². The number of halogens is 1. The number of amides is 2. The van der Waals surface area contributed by atoms with Crippen LogP contribution in [0, 0.1) is 0 Å². The van der Waals surface area contributed by atoms with Gasteiger partial charge in [0.2, 0.25) is 6.79 Å². The molecule has 0 unspecified atom stereocenters. The molecule has 1 aliphatic rings. The van der Waals surface area contributed by atoms with Gasteiger partial charge in [0.15, 0.2) is 11.5 Å². The second-order valence-corrected chi connectivity index (χ2v) is 7.53. The molecule has 0 radical (unpaired) electrons. The fraction of sp³-hybridized carbons (Fsp3) is 0.0870. The van der Waals surface area contributed by atoms with Crippen molar-refractivity contribution in [3.8, 4) is 17.2 Å². The zero-order valence-corrected chi connectivity index (χ0v) is 17.8. The largest absolute Gasteiger partial charge is 0.485 e. The molecule has 0 fully saturated rings. The summed E-state index contributed by atoms with van der Waals surface area (Å²) in [5.41, 5.74) is 1.65. The summed E-state index contributed by atoms with van der Waals surface area (Å²) in [6, 6.07) is 16.3. The highest BCUT2D eigenvalue weighted by Crippen LogP contribution is 2.34. The van der Waals surface area contributed by atoms with Crippen molar-refractivity contribution in [3.63, 3.8) is 0 Å². The van der Waals surface area contributed by atoms with Crippen molar-refractivity contribution in [2.75, 3.05) is 17.4 Å². The average Bonchev–Trinajstić information content (AvgIpc) is 3.27. The molecular weight excluding hydrogens is 448 g/mol. The Kier molecular flexibility index (Phi) is 5.45. The molecule has 0 saturated carbocycles. The van der Waals surface area contributed by atoms with Crippen molar-refractivity contribution in [2.24, 2.45) is 0 Å². The molecule has 2 N–H and O–H groups in total. The van der Waals surface area contributed by atoms with E-state index < -0.39 is 6.03 Å². The minimum absolute atomic E-state index is 0.0385. The first-order chi connectivity index (χ1) is 16.0. The molecule has 3 heterocycles. The summed E-state index contributed by atoms with van der Waals surface area (Å²) in [6.45, 7) is 0.193. The van der Waals surface area contributed by atoms with Gasteiger partial charge in [0.05, 0.1) is 16.4 Å². The lowest BCUT2D eigenvalue weighted by atomic mass is 10.2. The Bertz CT molecular complexity index is 1420. The van der Waals surface area contributed by atoms with Crippen LogP contribution in [-0.4, -0.2) is 22.2 Å². The van der Waals surface area contributed by atoms with E-state index in [1.807, 2.05) is 0 Å². The minimum Gasteiger partial charge on any atom is -0.485 e. The van der Waals surface area contributed by atoms with Crippen LogP contribution in [-0.2, 0) is 6.61 Å². The van der Waals surface area contributed by atoms with Gasteiger partial charge < -0.3 is 24.8 Å². The third-order valence-corrected chi connectivity index (χ3v) is 5.04. The Labute approximate surface area is 192 Å². The monoisotopic (exact) mass is 464 g/mol. The van der Waals surface area contributed by atoms with Crippen molar-refractivity contribution in [1.82, 2.24) is 9.38 Å². The second-order valence-electron chi connectivity index (χ2n) is 7.09. The van der Waals surface area contributed by atoms with Crippen LogP contribution in [0.3, 0.4) is 0 Å². The number of ether oxygens (including phenoxy) is 3. The van der Waals surface area contributed by atoms with Gasteiger partial charge in [0.1, 0.15) is 18.0 Å². The van der Waals surface area contributed by atoms with Crippen LogP contribution in [0.1, 0.15) is 5.69 Å². The van der Waals surface area contributed by atoms with Crippen molar-refractivity contribution >= 4 is 34.7 Å². The highest BCUT2D eigenvalue weighted by Gasteiger charge is 2.15. The third kappa shape index (κ3) is 4.53. The summed E-state index contributed by atoms with van der Waals surface area (Å²) in [6.07, 6.45) is 1.51. The molecule has 0 saturated heterocycles. The number of pyridine rings is 1. The molecule has 166 valence electrons. The van der Waals surface area contributed by atoms with Crippen LogP contribution in [0.2, 0.25) is 5.02 Å². The van der Waals surface area contributed by atoms with Gasteiger partial charge in [0, 0.05) is 24.0 Å². The smallest absolute Gasteiger partial charge is 0.323 e. The SMILES string of the molecule is O=C(Nc1ccc2c(c1)OCO2)Nc1ccccc1OCc1cc(=O)n2cc(Cl)ccc2n1. The lowest BCUT2D eigenvalue weighted by Crippen LogP contribution is -2.20. The summed E-state index contributed by atoms with van der Waals surface area (Å²) in [4.78, 5) is 29.3. The highest BCUT2D eigenvalue weighted by molar-refractivity contribution is 6.30. The number of fused-ring (bicyclic) bond motifs is 2. The summed E-state index contributed by atoms with van der Waals surface area (Å²) >= 11 is 5.94. The number of aromatic nitrogens is 2. The Morgan fingerprint density at radius 2 is 1.91 bits per heavy atom. The number of benzene rings is 2. The Hall–Kier alpha value is -4.24. The molecule has 0 aliphatic carbocycles. The molecule has 0 atom stereocenters. The maximum atomic E-state index is 12.5. The highest BCUT2D eigenvalue weighted by atomic mass is 35.5. The average molecular weight is 465 g/mol. The van der Waals surface area contributed by atoms with Gasteiger partial charge in [-0.3, -0.25) is 9.20 Å². The zero-order chi connectivity index (χ0) is 22.8. The number of carbonyl (C=O) groups excluding carboxylic acids is 1. The molecular formula is C23H17ClN4O5. The molecule has 2 amide bonds. The maximum Gasteiger partial charge on any atom is 0.323 e. The van der Waals surface area contributed by atoms with Crippen LogP contribution in [0.25, 0.3) is 5.65 Å². The second kappa shape index (κ2) is 8.71. The van der Waals surface area contributed by atoms with Gasteiger partial charge >= 0.3 is 6.03 Å². The summed E-state index contributed by atoms with van der Waals surface area (Å²) in [5.74, 6) is 1.62. The number of carbonyl (C=O) groups is 1. The van der Waals surface area contributed by atoms with Crippen molar-refractivity contribution in [1.29, 1.82) is 0 Å². The topological polar surface area (TPSA) is 103 Å². The predicted molar refractivity (Wildman–Crippen MR) is 122 cm³/mol. The van der Waals surface area contributed by atoms with Gasteiger partial charge in [-0.05, 0) is 36.4 Å². The number of nitrogens with one attached hydrogen (secondary N) is 2. The van der Waals surface area contributed by atoms with Crippen LogP contribution in [0.5, 0.6) is 17.2 Å². The van der Waals surface area contributed by atoms with E-state index in [9.17, 15) is 9.59 Å². The van der Waals surface area contributed by atoms with Crippen molar-refractivity contribution < 1.29 is 19.0 Å². The van der Waals surface area contributed by atoms with E-state index in [4.69, 9.17) is 25.8 Å². The van der Waals surface area contributed by atoms with Gasteiger partial charge in [-0.1, -0.05) is 23.7 Å². The maximum absolute atomic E-state index is 12.5. The fourth-order valence-corrected chi connectivity index (χ4v) is 3.47. The number of anilines is 2. The fourth-order valence-electron chi connectivity index (χ4n) is 3.31. The Morgan fingerprint density at radius 3 is 2.82 bits per heavy atom. The number of para-hydroxylation sites is 2. The van der Waals surface area contributed by atoms with E-state index >= 15 is 0 Å². The zero-order valence-electron chi connectivity index (χ0n) is 17.1.